The third-order valence-electron chi connectivity index (χ3n) is 6.45. The van der Waals surface area contributed by atoms with Crippen LogP contribution in [0.1, 0.15) is 67.6 Å². The van der Waals surface area contributed by atoms with Gasteiger partial charge < -0.3 is 15.2 Å². The molecule has 0 aromatic heterocycles. The predicted octanol–water partition coefficient (Wildman–Crippen LogP) is 5.70. The number of carboxylic acids is 1. The number of aliphatic carboxylic acids is 1. The molecule has 4 rings (SSSR count). The first-order valence-electron chi connectivity index (χ1n) is 10.9. The van der Waals surface area contributed by atoms with E-state index in [9.17, 15) is 9.59 Å². The summed E-state index contributed by atoms with van der Waals surface area (Å²) in [7, 11) is 0. The van der Waals surface area contributed by atoms with Gasteiger partial charge in [0, 0.05) is 11.7 Å². The Kier molecular flexibility index (Phi) is 6.92. The molecule has 166 valence electrons. The number of carbonyl (C=O) groups is 2. The SMILES string of the molecule is O=C/C=C/c1cc(C2CC2)c(OCC2CC2)c(Br)c1CC1(N/C=C(/Br)C(=O)O)CCC1. The molecule has 1 aromatic carbocycles. The van der Waals surface area contributed by atoms with Gasteiger partial charge in [-0.15, -0.1) is 0 Å². The number of hydrogen-bond donors (Lipinski definition) is 2. The lowest BCUT2D eigenvalue weighted by Crippen LogP contribution is -2.50. The smallest absolute Gasteiger partial charge is 0.344 e. The topological polar surface area (TPSA) is 75.6 Å². The summed E-state index contributed by atoms with van der Waals surface area (Å²) in [6.07, 6.45) is 14.3. The van der Waals surface area contributed by atoms with Crippen molar-refractivity contribution in [2.75, 3.05) is 6.61 Å². The van der Waals surface area contributed by atoms with E-state index in [0.717, 1.165) is 53.5 Å². The van der Waals surface area contributed by atoms with E-state index in [1.54, 1.807) is 6.20 Å². The molecule has 3 aliphatic rings. The second-order valence-electron chi connectivity index (χ2n) is 8.95. The van der Waals surface area contributed by atoms with Gasteiger partial charge >= 0.3 is 5.97 Å². The summed E-state index contributed by atoms with van der Waals surface area (Å²) < 4.78 is 7.41. The maximum absolute atomic E-state index is 11.2. The molecule has 0 radical (unpaired) electrons. The first kappa shape index (κ1) is 22.6. The number of benzene rings is 1. The van der Waals surface area contributed by atoms with Gasteiger partial charge in [-0.3, -0.25) is 4.79 Å². The van der Waals surface area contributed by atoms with E-state index in [4.69, 9.17) is 9.84 Å². The maximum Gasteiger partial charge on any atom is 0.344 e. The number of ether oxygens (including phenoxy) is 1. The van der Waals surface area contributed by atoms with Gasteiger partial charge in [-0.2, -0.15) is 0 Å². The minimum atomic E-state index is -0.998. The summed E-state index contributed by atoms with van der Waals surface area (Å²) in [5.41, 5.74) is 3.13. The highest BCUT2D eigenvalue weighted by molar-refractivity contribution is 9.12. The van der Waals surface area contributed by atoms with Gasteiger partial charge in [0.25, 0.3) is 0 Å². The molecular formula is C24H27Br2NO4. The molecule has 7 heteroatoms. The van der Waals surface area contributed by atoms with Crippen molar-refractivity contribution in [2.45, 2.75) is 62.8 Å². The first-order chi connectivity index (χ1) is 14.9. The fourth-order valence-corrected chi connectivity index (χ4v) is 4.93. The molecule has 0 aliphatic heterocycles. The monoisotopic (exact) mass is 551 g/mol. The summed E-state index contributed by atoms with van der Waals surface area (Å²) in [5, 5.41) is 12.5. The van der Waals surface area contributed by atoms with Crippen LogP contribution >= 0.6 is 31.9 Å². The van der Waals surface area contributed by atoms with E-state index >= 15 is 0 Å². The van der Waals surface area contributed by atoms with Gasteiger partial charge in [0.15, 0.2) is 0 Å². The van der Waals surface area contributed by atoms with Crippen molar-refractivity contribution in [3.05, 3.63) is 44.0 Å². The highest BCUT2D eigenvalue weighted by atomic mass is 79.9. The Labute approximate surface area is 199 Å². The van der Waals surface area contributed by atoms with Gasteiger partial charge in [-0.25, -0.2) is 4.79 Å². The molecule has 2 N–H and O–H groups in total. The standard InChI is InChI=1S/C24H27Br2NO4/c25-20(23(29)30)13-27-24(8-2-9-24)12-19-17(3-1-10-28)11-18(16-6-7-16)22(21(19)26)31-14-15-4-5-15/h1,3,10-11,13,15-16,27H,2,4-9,12,14H2,(H,29,30)/b3-1+,20-13+. The zero-order valence-electron chi connectivity index (χ0n) is 17.3. The van der Waals surface area contributed by atoms with Crippen molar-refractivity contribution in [2.24, 2.45) is 5.92 Å². The van der Waals surface area contributed by atoms with Gasteiger partial charge in [0.1, 0.15) is 16.5 Å². The molecule has 31 heavy (non-hydrogen) atoms. The third kappa shape index (κ3) is 5.43. The van der Waals surface area contributed by atoms with E-state index in [1.807, 2.05) is 6.08 Å². The molecule has 3 aliphatic carbocycles. The predicted molar refractivity (Wildman–Crippen MR) is 128 cm³/mol. The van der Waals surface area contributed by atoms with Crippen molar-refractivity contribution >= 4 is 50.2 Å². The van der Waals surface area contributed by atoms with Crippen LogP contribution in [-0.2, 0) is 16.0 Å². The highest BCUT2D eigenvalue weighted by Crippen LogP contribution is 2.50. The Bertz CT molecular complexity index is 928. The first-order valence-corrected chi connectivity index (χ1v) is 12.5. The van der Waals surface area contributed by atoms with Crippen LogP contribution in [0.3, 0.4) is 0 Å². The van der Waals surface area contributed by atoms with Gasteiger partial charge in [-0.1, -0.05) is 6.08 Å². The molecule has 3 saturated carbocycles. The maximum atomic E-state index is 11.2. The van der Waals surface area contributed by atoms with Crippen molar-refractivity contribution in [1.29, 1.82) is 0 Å². The second-order valence-corrected chi connectivity index (χ2v) is 10.6. The summed E-state index contributed by atoms with van der Waals surface area (Å²) >= 11 is 6.96. The Hall–Kier alpha value is -1.60. The van der Waals surface area contributed by atoms with E-state index in [0.29, 0.717) is 18.3 Å². The van der Waals surface area contributed by atoms with Crippen LogP contribution in [0.5, 0.6) is 5.75 Å². The van der Waals surface area contributed by atoms with Crippen LogP contribution in [0, 0.1) is 5.92 Å². The summed E-state index contributed by atoms with van der Waals surface area (Å²) in [4.78, 5) is 22.2. The zero-order valence-corrected chi connectivity index (χ0v) is 20.5. The normalized spacial score (nSPS) is 20.4. The van der Waals surface area contributed by atoms with Gasteiger partial charge in [0.2, 0.25) is 0 Å². The van der Waals surface area contributed by atoms with E-state index in [2.05, 4.69) is 43.2 Å². The Morgan fingerprint density at radius 3 is 2.58 bits per heavy atom. The number of halogens is 2. The summed E-state index contributed by atoms with van der Waals surface area (Å²) in [6.45, 7) is 0.749. The fraction of sp³-hybridized carbons (Fsp3) is 0.500. The van der Waals surface area contributed by atoms with Crippen molar-refractivity contribution in [1.82, 2.24) is 5.32 Å². The van der Waals surface area contributed by atoms with E-state index in [1.165, 1.54) is 37.3 Å². The fourth-order valence-electron chi connectivity index (χ4n) is 4.10. The van der Waals surface area contributed by atoms with Crippen molar-refractivity contribution in [3.8, 4) is 5.75 Å². The number of aldehydes is 1. The van der Waals surface area contributed by atoms with Crippen LogP contribution in [0.15, 0.2) is 27.3 Å². The average Bonchev–Trinajstić information content (AvgIpc) is 3.61. The average molecular weight is 553 g/mol. The molecule has 0 unspecified atom stereocenters. The molecule has 1 aromatic rings. The zero-order chi connectivity index (χ0) is 22.0. The molecule has 0 spiro atoms. The molecular weight excluding hydrogens is 526 g/mol. The third-order valence-corrected chi connectivity index (χ3v) is 7.86. The van der Waals surface area contributed by atoms with Gasteiger partial charge in [0.05, 0.1) is 11.1 Å². The number of hydrogen-bond acceptors (Lipinski definition) is 4. The van der Waals surface area contributed by atoms with Crippen LogP contribution in [0.2, 0.25) is 0 Å². The summed E-state index contributed by atoms with van der Waals surface area (Å²) in [6, 6.07) is 2.19. The minimum absolute atomic E-state index is 0.108. The molecule has 0 saturated heterocycles. The largest absolute Gasteiger partial charge is 0.492 e. The molecule has 0 bridgehead atoms. The molecule has 0 atom stereocenters. The van der Waals surface area contributed by atoms with Gasteiger partial charge in [-0.05, 0) is 124 Å². The quantitative estimate of drug-likeness (QED) is 0.272. The number of rotatable bonds is 11. The molecule has 3 fully saturated rings. The van der Waals surface area contributed by atoms with Crippen molar-refractivity contribution < 1.29 is 19.4 Å². The van der Waals surface area contributed by atoms with E-state index in [-0.39, 0.29) is 10.0 Å². The molecule has 5 nitrogen and oxygen atoms in total. The van der Waals surface area contributed by atoms with Crippen LogP contribution in [0.4, 0.5) is 0 Å². The minimum Gasteiger partial charge on any atom is -0.492 e. The van der Waals surface area contributed by atoms with E-state index < -0.39 is 5.97 Å². The number of carboxylic acid groups (broad SMARTS) is 1. The lowest BCUT2D eigenvalue weighted by atomic mass is 9.72. The Morgan fingerprint density at radius 1 is 1.29 bits per heavy atom. The molecule has 0 heterocycles. The van der Waals surface area contributed by atoms with Crippen molar-refractivity contribution in [3.63, 3.8) is 0 Å². The number of allylic oxidation sites excluding steroid dienone is 1. The second kappa shape index (κ2) is 9.49. The lowest BCUT2D eigenvalue weighted by Gasteiger charge is -2.43. The van der Waals surface area contributed by atoms with Crippen LogP contribution < -0.4 is 10.1 Å². The lowest BCUT2D eigenvalue weighted by molar-refractivity contribution is -0.131. The Morgan fingerprint density at radius 2 is 2.03 bits per heavy atom. The van der Waals surface area contributed by atoms with Crippen LogP contribution in [-0.4, -0.2) is 29.5 Å². The number of nitrogens with one attached hydrogen (secondary N) is 1. The summed E-state index contributed by atoms with van der Waals surface area (Å²) in [5.74, 6) is 1.13. The van der Waals surface area contributed by atoms with Crippen LogP contribution in [0.25, 0.3) is 6.08 Å². The Balaban J connectivity index is 1.69. The highest BCUT2D eigenvalue weighted by Gasteiger charge is 2.39. The molecule has 0 amide bonds. The number of carbonyl (C=O) groups excluding carboxylic acids is 1.